The van der Waals surface area contributed by atoms with Crippen molar-refractivity contribution in [3.63, 3.8) is 0 Å². The molecule has 0 radical (unpaired) electrons. The highest BCUT2D eigenvalue weighted by molar-refractivity contribution is 7.80. The Balaban J connectivity index is 2.53. The number of thiocarbonyl (C=S) groups is 1. The average molecular weight is 278 g/mol. The molecule has 4 heteroatoms. The minimum absolute atomic E-state index is 0.102. The predicted molar refractivity (Wildman–Crippen MR) is 83.1 cm³/mol. The van der Waals surface area contributed by atoms with E-state index in [-0.39, 0.29) is 10.9 Å². The Kier molecular flexibility index (Phi) is 7.11. The van der Waals surface area contributed by atoms with Gasteiger partial charge in [0.25, 0.3) is 0 Å². The van der Waals surface area contributed by atoms with Gasteiger partial charge in [0.05, 0.1) is 4.99 Å². The Bertz CT molecular complexity index is 406. The highest BCUT2D eigenvalue weighted by Gasteiger charge is 2.22. The number of hydrogen-bond donors (Lipinski definition) is 2. The van der Waals surface area contributed by atoms with Gasteiger partial charge in [-0.25, -0.2) is 0 Å². The molecule has 0 saturated carbocycles. The molecule has 0 bridgehead atoms. The summed E-state index contributed by atoms with van der Waals surface area (Å²) >= 11 is 5.01. The Morgan fingerprint density at radius 2 is 1.95 bits per heavy atom. The van der Waals surface area contributed by atoms with Crippen LogP contribution in [0.3, 0.4) is 0 Å². The molecular formula is C15H22N2OS. The van der Waals surface area contributed by atoms with Crippen molar-refractivity contribution in [1.29, 1.82) is 0 Å². The summed E-state index contributed by atoms with van der Waals surface area (Å²) in [6.07, 6.45) is 4.53. The lowest BCUT2D eigenvalue weighted by Gasteiger charge is -2.15. The number of nitrogens with one attached hydrogen (secondary N) is 1. The van der Waals surface area contributed by atoms with Crippen LogP contribution in [-0.4, -0.2) is 17.4 Å². The van der Waals surface area contributed by atoms with Crippen molar-refractivity contribution in [2.75, 3.05) is 6.54 Å². The fourth-order valence-corrected chi connectivity index (χ4v) is 2.20. The lowest BCUT2D eigenvalue weighted by Crippen LogP contribution is -2.36. The van der Waals surface area contributed by atoms with E-state index in [4.69, 9.17) is 18.0 Å². The first-order valence-corrected chi connectivity index (χ1v) is 7.19. The standard InChI is InChI=1S/C15H22N2OS/c1-2-3-4-8-11-17-15(18)13(14(16)19)12-9-6-5-7-10-12/h5-7,9-10,13H,2-4,8,11H2,1H3,(H2,16,19)(H,17,18). The molecule has 0 aliphatic heterocycles. The van der Waals surface area contributed by atoms with E-state index in [1.54, 1.807) is 0 Å². The second-order valence-corrected chi connectivity index (χ2v) is 5.07. The summed E-state index contributed by atoms with van der Waals surface area (Å²) in [7, 11) is 0. The van der Waals surface area contributed by atoms with Crippen LogP contribution < -0.4 is 11.1 Å². The molecule has 0 aliphatic carbocycles. The van der Waals surface area contributed by atoms with E-state index in [9.17, 15) is 4.79 Å². The summed E-state index contributed by atoms with van der Waals surface area (Å²) in [5, 5.41) is 2.92. The molecule has 0 spiro atoms. The van der Waals surface area contributed by atoms with Crippen LogP contribution >= 0.6 is 12.2 Å². The van der Waals surface area contributed by atoms with Crippen LogP contribution in [0.25, 0.3) is 0 Å². The fourth-order valence-electron chi connectivity index (χ4n) is 1.96. The first kappa shape index (κ1) is 15.6. The first-order valence-electron chi connectivity index (χ1n) is 6.78. The molecule has 0 fully saturated rings. The smallest absolute Gasteiger partial charge is 0.234 e. The maximum absolute atomic E-state index is 12.1. The molecule has 0 aromatic heterocycles. The van der Waals surface area contributed by atoms with Crippen molar-refractivity contribution in [2.24, 2.45) is 5.73 Å². The van der Waals surface area contributed by atoms with Gasteiger partial charge in [-0.3, -0.25) is 4.79 Å². The van der Waals surface area contributed by atoms with Gasteiger partial charge in [0.1, 0.15) is 5.92 Å². The largest absolute Gasteiger partial charge is 0.392 e. The molecule has 3 nitrogen and oxygen atoms in total. The number of unbranched alkanes of at least 4 members (excludes halogenated alkanes) is 3. The molecule has 3 N–H and O–H groups in total. The monoisotopic (exact) mass is 278 g/mol. The summed E-state index contributed by atoms with van der Waals surface area (Å²) in [5.74, 6) is -0.627. The fraction of sp³-hybridized carbons (Fsp3) is 0.467. The molecule has 1 amide bonds. The number of benzene rings is 1. The lowest BCUT2D eigenvalue weighted by molar-refractivity contribution is -0.121. The predicted octanol–water partition coefficient (Wildman–Crippen LogP) is 2.75. The number of amides is 1. The summed E-state index contributed by atoms with van der Waals surface area (Å²) in [6.45, 7) is 2.85. The topological polar surface area (TPSA) is 55.1 Å². The quantitative estimate of drug-likeness (QED) is 0.568. The van der Waals surface area contributed by atoms with Crippen molar-refractivity contribution in [3.05, 3.63) is 35.9 Å². The van der Waals surface area contributed by atoms with E-state index >= 15 is 0 Å². The van der Waals surface area contributed by atoms with Crippen LogP contribution in [0.1, 0.15) is 44.1 Å². The van der Waals surface area contributed by atoms with E-state index in [0.29, 0.717) is 6.54 Å². The minimum Gasteiger partial charge on any atom is -0.392 e. The van der Waals surface area contributed by atoms with Gasteiger partial charge >= 0.3 is 0 Å². The second kappa shape index (κ2) is 8.64. The van der Waals surface area contributed by atoms with Crippen molar-refractivity contribution in [2.45, 2.75) is 38.5 Å². The molecule has 0 heterocycles. The number of carbonyl (C=O) groups excluding carboxylic acids is 1. The van der Waals surface area contributed by atoms with Gasteiger partial charge in [-0.05, 0) is 12.0 Å². The number of rotatable bonds is 8. The number of nitrogens with two attached hydrogens (primary N) is 1. The van der Waals surface area contributed by atoms with E-state index in [2.05, 4.69) is 12.2 Å². The van der Waals surface area contributed by atoms with Crippen molar-refractivity contribution in [3.8, 4) is 0 Å². The van der Waals surface area contributed by atoms with E-state index in [0.717, 1.165) is 18.4 Å². The van der Waals surface area contributed by atoms with Gasteiger partial charge in [-0.15, -0.1) is 0 Å². The molecule has 0 aliphatic rings. The number of hydrogen-bond acceptors (Lipinski definition) is 2. The molecule has 19 heavy (non-hydrogen) atoms. The van der Waals surface area contributed by atoms with Gasteiger partial charge in [0.15, 0.2) is 0 Å². The molecular weight excluding hydrogens is 256 g/mol. The molecule has 1 aromatic rings. The average Bonchev–Trinajstić information content (AvgIpc) is 2.39. The zero-order chi connectivity index (χ0) is 14.1. The lowest BCUT2D eigenvalue weighted by atomic mass is 9.98. The zero-order valence-corrected chi connectivity index (χ0v) is 12.2. The van der Waals surface area contributed by atoms with Crippen LogP contribution in [0.4, 0.5) is 0 Å². The molecule has 104 valence electrons. The van der Waals surface area contributed by atoms with Gasteiger partial charge in [0, 0.05) is 6.54 Å². The van der Waals surface area contributed by atoms with Gasteiger partial charge < -0.3 is 11.1 Å². The third kappa shape index (κ3) is 5.39. The summed E-state index contributed by atoms with van der Waals surface area (Å²) in [4.78, 5) is 12.4. The van der Waals surface area contributed by atoms with Crippen LogP contribution in [0.5, 0.6) is 0 Å². The SMILES string of the molecule is CCCCCCNC(=O)C(C(N)=S)c1ccccc1. The van der Waals surface area contributed by atoms with Crippen LogP contribution in [0, 0.1) is 0 Å². The van der Waals surface area contributed by atoms with Crippen molar-refractivity contribution >= 4 is 23.1 Å². The Labute approximate surface area is 120 Å². The van der Waals surface area contributed by atoms with Gasteiger partial charge in [0.2, 0.25) is 5.91 Å². The zero-order valence-electron chi connectivity index (χ0n) is 11.4. The van der Waals surface area contributed by atoms with Gasteiger partial charge in [-0.1, -0.05) is 68.7 Å². The van der Waals surface area contributed by atoms with Gasteiger partial charge in [-0.2, -0.15) is 0 Å². The number of carbonyl (C=O) groups is 1. The third-order valence-corrected chi connectivity index (χ3v) is 3.24. The molecule has 1 rings (SSSR count). The summed E-state index contributed by atoms with van der Waals surface area (Å²) < 4.78 is 0. The maximum Gasteiger partial charge on any atom is 0.234 e. The van der Waals surface area contributed by atoms with E-state index in [1.165, 1.54) is 12.8 Å². The highest BCUT2D eigenvalue weighted by Crippen LogP contribution is 2.16. The maximum atomic E-state index is 12.1. The normalized spacial score (nSPS) is 11.8. The second-order valence-electron chi connectivity index (χ2n) is 4.60. The minimum atomic E-state index is -0.526. The van der Waals surface area contributed by atoms with Crippen molar-refractivity contribution in [1.82, 2.24) is 5.32 Å². The Morgan fingerprint density at radius 1 is 1.26 bits per heavy atom. The molecule has 1 aromatic carbocycles. The third-order valence-electron chi connectivity index (χ3n) is 3.01. The van der Waals surface area contributed by atoms with E-state index in [1.807, 2.05) is 30.3 Å². The molecule has 0 saturated heterocycles. The molecule has 1 unspecified atom stereocenters. The summed E-state index contributed by atoms with van der Waals surface area (Å²) in [6, 6.07) is 9.42. The Morgan fingerprint density at radius 3 is 2.53 bits per heavy atom. The van der Waals surface area contributed by atoms with E-state index < -0.39 is 5.92 Å². The highest BCUT2D eigenvalue weighted by atomic mass is 32.1. The van der Waals surface area contributed by atoms with Crippen LogP contribution in [-0.2, 0) is 4.79 Å². The Hall–Kier alpha value is -1.42. The summed E-state index contributed by atoms with van der Waals surface area (Å²) in [5.41, 5.74) is 6.54. The van der Waals surface area contributed by atoms with Crippen LogP contribution in [0.2, 0.25) is 0 Å². The first-order chi connectivity index (χ1) is 9.16. The molecule has 1 atom stereocenters. The van der Waals surface area contributed by atoms with Crippen molar-refractivity contribution < 1.29 is 4.79 Å². The van der Waals surface area contributed by atoms with Crippen LogP contribution in [0.15, 0.2) is 30.3 Å².